The first-order valence-electron chi connectivity index (χ1n) is 8.17. The smallest absolute Gasteiger partial charge is 0.262 e. The Balaban J connectivity index is 1.94. The fourth-order valence-electron chi connectivity index (χ4n) is 3.16. The quantitative estimate of drug-likeness (QED) is 0.842. The number of rotatable bonds is 5. The molecule has 0 aliphatic carbocycles. The van der Waals surface area contributed by atoms with Gasteiger partial charge in [0.2, 0.25) is 0 Å². The van der Waals surface area contributed by atoms with E-state index in [1.807, 2.05) is 17.9 Å². The van der Waals surface area contributed by atoms with Crippen LogP contribution in [0, 0.1) is 0 Å². The number of carbonyl (C=O) groups is 1. The summed E-state index contributed by atoms with van der Waals surface area (Å²) in [6.07, 6.45) is 2.60. The highest BCUT2D eigenvalue weighted by Crippen LogP contribution is 2.37. The van der Waals surface area contributed by atoms with Gasteiger partial charge in [0, 0.05) is 12.6 Å². The highest BCUT2D eigenvalue weighted by molar-refractivity contribution is 6.00. The minimum absolute atomic E-state index is 0.0973. The van der Waals surface area contributed by atoms with E-state index in [1.165, 1.54) is 0 Å². The van der Waals surface area contributed by atoms with E-state index < -0.39 is 0 Å². The molecule has 1 aromatic carbocycles. The molecule has 1 atom stereocenters. The number of likely N-dealkylation sites (tertiary alicyclic amines) is 1. The molecule has 0 unspecified atom stereocenters. The standard InChI is InChI=1S/C18H22N2O4/c1-4-12-11-16(24-19-12)13-7-6-10-20(13)18(21)17-14(22-2)8-5-9-15(17)23-3/h5,8-9,11,13H,4,6-7,10H2,1-3H3/t13-/m1/s1. The molecule has 0 bridgehead atoms. The first-order valence-corrected chi connectivity index (χ1v) is 8.17. The summed E-state index contributed by atoms with van der Waals surface area (Å²) in [7, 11) is 3.11. The second kappa shape index (κ2) is 6.95. The number of aromatic nitrogens is 1. The first-order chi connectivity index (χ1) is 11.7. The maximum Gasteiger partial charge on any atom is 0.262 e. The van der Waals surface area contributed by atoms with Crippen LogP contribution in [0.25, 0.3) is 0 Å². The molecule has 6 heteroatoms. The minimum Gasteiger partial charge on any atom is -0.496 e. The molecule has 0 saturated carbocycles. The summed E-state index contributed by atoms with van der Waals surface area (Å²) in [6.45, 7) is 2.70. The van der Waals surface area contributed by atoms with Gasteiger partial charge < -0.3 is 18.9 Å². The molecule has 2 heterocycles. The van der Waals surface area contributed by atoms with Gasteiger partial charge in [0.15, 0.2) is 5.76 Å². The van der Waals surface area contributed by atoms with Gasteiger partial charge in [-0.1, -0.05) is 18.1 Å². The maximum atomic E-state index is 13.2. The number of aryl methyl sites for hydroxylation is 1. The summed E-state index contributed by atoms with van der Waals surface area (Å²) < 4.78 is 16.2. The largest absolute Gasteiger partial charge is 0.496 e. The number of hydrogen-bond acceptors (Lipinski definition) is 5. The summed E-state index contributed by atoms with van der Waals surface area (Å²) in [5, 5.41) is 4.05. The van der Waals surface area contributed by atoms with Gasteiger partial charge >= 0.3 is 0 Å². The van der Waals surface area contributed by atoms with Crippen molar-refractivity contribution < 1.29 is 18.8 Å². The van der Waals surface area contributed by atoms with E-state index in [0.29, 0.717) is 23.6 Å². The number of amides is 1. The average molecular weight is 330 g/mol. The molecule has 3 rings (SSSR count). The average Bonchev–Trinajstić information content (AvgIpc) is 3.28. The molecule has 1 aliphatic rings. The second-order valence-electron chi connectivity index (χ2n) is 5.77. The predicted molar refractivity (Wildman–Crippen MR) is 88.4 cm³/mol. The van der Waals surface area contributed by atoms with Crippen molar-refractivity contribution in [3.8, 4) is 11.5 Å². The fraction of sp³-hybridized carbons (Fsp3) is 0.444. The Bertz CT molecular complexity index is 703. The summed E-state index contributed by atoms with van der Waals surface area (Å²) in [4.78, 5) is 15.0. The van der Waals surface area contributed by atoms with Crippen molar-refractivity contribution in [2.24, 2.45) is 0 Å². The summed E-state index contributed by atoms with van der Waals surface area (Å²) in [6, 6.07) is 7.18. The molecule has 128 valence electrons. The van der Waals surface area contributed by atoms with E-state index in [0.717, 1.165) is 30.7 Å². The van der Waals surface area contributed by atoms with Gasteiger partial charge in [-0.15, -0.1) is 0 Å². The zero-order chi connectivity index (χ0) is 17.1. The second-order valence-corrected chi connectivity index (χ2v) is 5.77. The molecular formula is C18H22N2O4. The van der Waals surface area contributed by atoms with E-state index >= 15 is 0 Å². The molecule has 6 nitrogen and oxygen atoms in total. The molecular weight excluding hydrogens is 308 g/mol. The normalized spacial score (nSPS) is 17.1. The highest BCUT2D eigenvalue weighted by atomic mass is 16.5. The Morgan fingerprint density at radius 1 is 1.33 bits per heavy atom. The summed E-state index contributed by atoms with van der Waals surface area (Å²) in [5.41, 5.74) is 1.35. The summed E-state index contributed by atoms with van der Waals surface area (Å²) >= 11 is 0. The monoisotopic (exact) mass is 330 g/mol. The van der Waals surface area contributed by atoms with Crippen LogP contribution in [0.1, 0.15) is 47.6 Å². The Hall–Kier alpha value is -2.50. The number of carbonyl (C=O) groups excluding carboxylic acids is 1. The van der Waals surface area contributed by atoms with Crippen molar-refractivity contribution in [3.05, 3.63) is 41.3 Å². The van der Waals surface area contributed by atoms with Gasteiger partial charge in [0.25, 0.3) is 5.91 Å². The van der Waals surface area contributed by atoms with Crippen LogP contribution in [0.5, 0.6) is 11.5 Å². The highest BCUT2D eigenvalue weighted by Gasteiger charge is 2.35. The number of hydrogen-bond donors (Lipinski definition) is 0. The third-order valence-corrected chi connectivity index (χ3v) is 4.42. The molecule has 1 amide bonds. The van der Waals surface area contributed by atoms with E-state index in [2.05, 4.69) is 5.16 Å². The van der Waals surface area contributed by atoms with Crippen LogP contribution in [-0.2, 0) is 6.42 Å². The van der Waals surface area contributed by atoms with Crippen LogP contribution in [0.3, 0.4) is 0 Å². The van der Waals surface area contributed by atoms with Crippen molar-refractivity contribution in [1.82, 2.24) is 10.1 Å². The Morgan fingerprint density at radius 3 is 2.62 bits per heavy atom. The lowest BCUT2D eigenvalue weighted by Crippen LogP contribution is -2.31. The van der Waals surface area contributed by atoms with E-state index in [1.54, 1.807) is 32.4 Å². The van der Waals surface area contributed by atoms with Crippen LogP contribution in [0.15, 0.2) is 28.8 Å². The van der Waals surface area contributed by atoms with Crippen LogP contribution in [0.4, 0.5) is 0 Å². The zero-order valence-corrected chi connectivity index (χ0v) is 14.2. The van der Waals surface area contributed by atoms with Gasteiger partial charge in [-0.3, -0.25) is 4.79 Å². The number of ether oxygens (including phenoxy) is 2. The molecule has 1 aliphatic heterocycles. The van der Waals surface area contributed by atoms with Gasteiger partial charge in [-0.25, -0.2) is 0 Å². The lowest BCUT2D eigenvalue weighted by atomic mass is 10.1. The third-order valence-electron chi connectivity index (χ3n) is 4.42. The number of nitrogens with zero attached hydrogens (tertiary/aromatic N) is 2. The number of methoxy groups -OCH3 is 2. The molecule has 0 spiro atoms. The SMILES string of the molecule is CCc1cc([C@H]2CCCN2C(=O)c2c(OC)cccc2OC)on1. The van der Waals surface area contributed by atoms with Crippen molar-refractivity contribution in [2.75, 3.05) is 20.8 Å². The minimum atomic E-state index is -0.110. The zero-order valence-electron chi connectivity index (χ0n) is 14.2. The van der Waals surface area contributed by atoms with Crippen molar-refractivity contribution in [3.63, 3.8) is 0 Å². The lowest BCUT2D eigenvalue weighted by molar-refractivity contribution is 0.0707. The van der Waals surface area contributed by atoms with Crippen molar-refractivity contribution in [2.45, 2.75) is 32.2 Å². The van der Waals surface area contributed by atoms with Gasteiger partial charge in [0.1, 0.15) is 17.1 Å². The van der Waals surface area contributed by atoms with Crippen LogP contribution in [-0.4, -0.2) is 36.7 Å². The van der Waals surface area contributed by atoms with E-state index in [9.17, 15) is 4.79 Å². The van der Waals surface area contributed by atoms with Crippen LogP contribution in [0.2, 0.25) is 0 Å². The first kappa shape index (κ1) is 16.4. The van der Waals surface area contributed by atoms with Gasteiger partial charge in [0.05, 0.1) is 26.0 Å². The molecule has 1 aromatic heterocycles. The molecule has 24 heavy (non-hydrogen) atoms. The Morgan fingerprint density at radius 2 is 2.04 bits per heavy atom. The molecule has 2 aromatic rings. The Kier molecular flexibility index (Phi) is 4.74. The summed E-state index contributed by atoms with van der Waals surface area (Å²) in [5.74, 6) is 1.65. The molecule has 0 N–H and O–H groups in total. The van der Waals surface area contributed by atoms with E-state index in [-0.39, 0.29) is 11.9 Å². The van der Waals surface area contributed by atoms with Gasteiger partial charge in [-0.05, 0) is 31.4 Å². The van der Waals surface area contributed by atoms with E-state index in [4.69, 9.17) is 14.0 Å². The Labute approximate surface area is 141 Å². The van der Waals surface area contributed by atoms with Gasteiger partial charge in [-0.2, -0.15) is 0 Å². The number of benzene rings is 1. The molecule has 1 fully saturated rings. The van der Waals surface area contributed by atoms with Crippen molar-refractivity contribution in [1.29, 1.82) is 0 Å². The van der Waals surface area contributed by atoms with Crippen LogP contribution < -0.4 is 9.47 Å². The topological polar surface area (TPSA) is 64.8 Å². The molecule has 0 radical (unpaired) electrons. The predicted octanol–water partition coefficient (Wildman–Crippen LogP) is 3.23. The molecule has 1 saturated heterocycles. The third kappa shape index (κ3) is 2.84. The fourth-order valence-corrected chi connectivity index (χ4v) is 3.16. The van der Waals surface area contributed by atoms with Crippen LogP contribution >= 0.6 is 0 Å². The maximum absolute atomic E-state index is 13.2. The lowest BCUT2D eigenvalue weighted by Gasteiger charge is -2.24. The van der Waals surface area contributed by atoms with Crippen molar-refractivity contribution >= 4 is 5.91 Å².